The highest BCUT2D eigenvalue weighted by molar-refractivity contribution is 8.15. The normalized spacial score (nSPS) is 18.6. The summed E-state index contributed by atoms with van der Waals surface area (Å²) >= 11 is 0.978. The fraction of sp³-hybridized carbons (Fsp3) is 0.300. The monoisotopic (exact) mass is 474 g/mol. The Balaban J connectivity index is 2.03. The number of amides is 2. The molecular formula is C20H19F5N4O2S. The second-order valence-corrected chi connectivity index (χ2v) is 8.06. The molecule has 2 amide bonds. The number of nitrogens with zero attached hydrogens (tertiary/aromatic N) is 2. The quantitative estimate of drug-likeness (QED) is 0.459. The van der Waals surface area contributed by atoms with Crippen LogP contribution in [0.3, 0.4) is 0 Å². The topological polar surface area (TPSA) is 80.0 Å². The lowest BCUT2D eigenvalue weighted by atomic mass is 10.0. The van der Waals surface area contributed by atoms with E-state index in [4.69, 9.17) is 5.73 Å². The number of hydrogen-bond acceptors (Lipinski definition) is 5. The zero-order valence-electron chi connectivity index (χ0n) is 16.5. The molecule has 0 radical (unpaired) electrons. The summed E-state index contributed by atoms with van der Waals surface area (Å²) in [5.41, 5.74) is 7.77. The molecule has 0 spiro atoms. The molecule has 6 nitrogen and oxygen atoms in total. The van der Waals surface area contributed by atoms with E-state index in [1.54, 1.807) is 35.8 Å². The van der Waals surface area contributed by atoms with Crippen molar-refractivity contribution in [1.82, 2.24) is 10.5 Å². The van der Waals surface area contributed by atoms with Crippen molar-refractivity contribution < 1.29 is 31.6 Å². The zero-order chi connectivity index (χ0) is 23.4. The molecule has 32 heavy (non-hydrogen) atoms. The van der Waals surface area contributed by atoms with Crippen molar-refractivity contribution in [2.24, 2.45) is 10.8 Å². The molecule has 172 valence electrons. The van der Waals surface area contributed by atoms with E-state index < -0.39 is 35.3 Å². The number of hydrazone groups is 1. The minimum Gasteiger partial charge on any atom is -0.330 e. The van der Waals surface area contributed by atoms with Gasteiger partial charge in [-0.1, -0.05) is 42.1 Å². The highest BCUT2D eigenvalue weighted by Crippen LogP contribution is 2.50. The lowest BCUT2D eigenvalue weighted by Gasteiger charge is -2.35. The van der Waals surface area contributed by atoms with Crippen LogP contribution in [-0.2, 0) is 9.71 Å². The highest BCUT2D eigenvalue weighted by Gasteiger charge is 2.49. The van der Waals surface area contributed by atoms with E-state index >= 15 is 0 Å². The maximum absolute atomic E-state index is 14.4. The van der Waals surface area contributed by atoms with Gasteiger partial charge in [0.15, 0.2) is 6.61 Å². The summed E-state index contributed by atoms with van der Waals surface area (Å²) in [4.78, 5) is 15.8. The van der Waals surface area contributed by atoms with Gasteiger partial charge in [0, 0.05) is 5.56 Å². The predicted molar refractivity (Wildman–Crippen MR) is 109 cm³/mol. The summed E-state index contributed by atoms with van der Waals surface area (Å²) in [6.45, 7) is -1.46. The fourth-order valence-electron chi connectivity index (χ4n) is 3.12. The third-order valence-corrected chi connectivity index (χ3v) is 5.93. The van der Waals surface area contributed by atoms with Crippen LogP contribution in [0.15, 0.2) is 53.6 Å². The summed E-state index contributed by atoms with van der Waals surface area (Å²) in [7, 11) is 0. The van der Waals surface area contributed by atoms with E-state index in [-0.39, 0.29) is 23.6 Å². The van der Waals surface area contributed by atoms with Crippen molar-refractivity contribution in [2.75, 3.05) is 13.2 Å². The molecule has 1 atom stereocenters. The first-order valence-corrected chi connectivity index (χ1v) is 10.3. The van der Waals surface area contributed by atoms with E-state index in [1.165, 1.54) is 0 Å². The SMILES string of the molecule is NCCCC1(c2ccccc2)SC(c2cc(F)ccc2F)=NN1C(=O)NOCC(F)(F)F. The molecule has 3 rings (SSSR count). The number of carbonyl (C=O) groups is 1. The largest absolute Gasteiger partial charge is 0.414 e. The second kappa shape index (κ2) is 9.84. The Bertz CT molecular complexity index is 990. The Morgan fingerprint density at radius 3 is 2.56 bits per heavy atom. The van der Waals surface area contributed by atoms with E-state index in [2.05, 4.69) is 9.94 Å². The molecule has 12 heteroatoms. The number of halogens is 5. The number of alkyl halides is 3. The molecule has 2 aromatic rings. The van der Waals surface area contributed by atoms with Gasteiger partial charge >= 0.3 is 12.2 Å². The molecule has 1 unspecified atom stereocenters. The van der Waals surface area contributed by atoms with Crippen LogP contribution in [0.4, 0.5) is 26.7 Å². The number of carbonyl (C=O) groups excluding carboxylic acids is 1. The Morgan fingerprint density at radius 1 is 1.19 bits per heavy atom. The van der Waals surface area contributed by atoms with Crippen LogP contribution >= 0.6 is 11.8 Å². The number of nitrogens with two attached hydrogens (primary N) is 1. The Kier molecular flexibility index (Phi) is 7.36. The Labute approximate surface area is 184 Å². The molecule has 0 saturated heterocycles. The highest BCUT2D eigenvalue weighted by atomic mass is 32.2. The Hall–Kier alpha value is -2.70. The fourth-order valence-corrected chi connectivity index (χ4v) is 4.54. The van der Waals surface area contributed by atoms with Crippen LogP contribution in [0.25, 0.3) is 0 Å². The minimum absolute atomic E-state index is 0.0196. The van der Waals surface area contributed by atoms with Gasteiger partial charge in [-0.05, 0) is 43.1 Å². The first-order valence-electron chi connectivity index (χ1n) is 9.43. The van der Waals surface area contributed by atoms with Crippen molar-refractivity contribution in [3.8, 4) is 0 Å². The predicted octanol–water partition coefficient (Wildman–Crippen LogP) is 4.47. The van der Waals surface area contributed by atoms with Gasteiger partial charge in [0.2, 0.25) is 0 Å². The van der Waals surface area contributed by atoms with Crippen molar-refractivity contribution >= 4 is 22.8 Å². The number of thioether (sulfide) groups is 1. The zero-order valence-corrected chi connectivity index (χ0v) is 17.4. The number of nitrogens with one attached hydrogen (secondary N) is 1. The number of benzene rings is 2. The smallest absolute Gasteiger partial charge is 0.330 e. The maximum atomic E-state index is 14.4. The van der Waals surface area contributed by atoms with Gasteiger partial charge in [-0.2, -0.15) is 23.3 Å². The molecule has 1 aliphatic rings. The van der Waals surface area contributed by atoms with Crippen LogP contribution in [0.5, 0.6) is 0 Å². The molecule has 2 aromatic carbocycles. The molecular weight excluding hydrogens is 455 g/mol. The lowest BCUT2D eigenvalue weighted by Crippen LogP contribution is -2.47. The average Bonchev–Trinajstić information content (AvgIpc) is 3.14. The summed E-state index contributed by atoms with van der Waals surface area (Å²) in [5, 5.41) is 5.02. The minimum atomic E-state index is -4.66. The van der Waals surface area contributed by atoms with E-state index in [9.17, 15) is 26.7 Å². The summed E-state index contributed by atoms with van der Waals surface area (Å²) in [6.07, 6.45) is -4.03. The molecule has 3 N–H and O–H groups in total. The molecule has 0 aromatic heterocycles. The lowest BCUT2D eigenvalue weighted by molar-refractivity contribution is -0.185. The number of hydrogen-bond donors (Lipinski definition) is 2. The third-order valence-electron chi connectivity index (χ3n) is 4.49. The van der Waals surface area contributed by atoms with Crippen molar-refractivity contribution in [2.45, 2.75) is 23.9 Å². The van der Waals surface area contributed by atoms with Gasteiger partial charge in [0.25, 0.3) is 0 Å². The van der Waals surface area contributed by atoms with Crippen LogP contribution in [0.1, 0.15) is 24.0 Å². The molecule has 0 fully saturated rings. The molecule has 1 aliphatic heterocycles. The number of hydroxylamine groups is 1. The number of rotatable bonds is 7. The first kappa shape index (κ1) is 24.0. The Morgan fingerprint density at radius 2 is 1.91 bits per heavy atom. The molecule has 0 saturated carbocycles. The van der Waals surface area contributed by atoms with Crippen molar-refractivity contribution in [1.29, 1.82) is 0 Å². The molecule has 0 bridgehead atoms. The average molecular weight is 474 g/mol. The van der Waals surface area contributed by atoms with Crippen LogP contribution in [-0.4, -0.2) is 35.4 Å². The number of urea groups is 1. The standard InChI is InChI=1S/C20H19F5N4O2S/c21-14-7-8-16(22)15(11-14)17-27-29(18(30)28-31-12-20(23,24)25)19(32-17,9-4-10-26)13-5-2-1-3-6-13/h1-3,5-8,11H,4,9-10,12,26H2,(H,28,30). The van der Waals surface area contributed by atoms with Crippen LogP contribution in [0.2, 0.25) is 0 Å². The van der Waals surface area contributed by atoms with Crippen LogP contribution in [0, 0.1) is 11.6 Å². The molecule has 1 heterocycles. The summed E-state index contributed by atoms with van der Waals surface area (Å²) in [5.74, 6) is -1.48. The molecule has 0 aliphatic carbocycles. The maximum Gasteiger partial charge on any atom is 0.414 e. The van der Waals surface area contributed by atoms with Crippen LogP contribution < -0.4 is 11.2 Å². The van der Waals surface area contributed by atoms with Gasteiger partial charge in [0.05, 0.1) is 0 Å². The second-order valence-electron chi connectivity index (χ2n) is 6.80. The van der Waals surface area contributed by atoms with E-state index in [0.29, 0.717) is 12.0 Å². The third kappa shape index (κ3) is 5.37. The van der Waals surface area contributed by atoms with E-state index in [0.717, 1.165) is 35.0 Å². The van der Waals surface area contributed by atoms with E-state index in [1.807, 2.05) is 0 Å². The van der Waals surface area contributed by atoms with Gasteiger partial charge in [-0.3, -0.25) is 4.84 Å². The van der Waals surface area contributed by atoms with Gasteiger partial charge in [-0.15, -0.1) is 0 Å². The summed E-state index contributed by atoms with van der Waals surface area (Å²) < 4.78 is 65.5. The van der Waals surface area contributed by atoms with Crippen molar-refractivity contribution in [3.05, 3.63) is 71.3 Å². The van der Waals surface area contributed by atoms with Gasteiger partial charge < -0.3 is 5.73 Å². The van der Waals surface area contributed by atoms with Crippen molar-refractivity contribution in [3.63, 3.8) is 0 Å². The first-order chi connectivity index (χ1) is 15.2. The summed E-state index contributed by atoms with van der Waals surface area (Å²) in [6, 6.07) is 10.2. The van der Waals surface area contributed by atoms with Gasteiger partial charge in [-0.25, -0.2) is 19.1 Å². The van der Waals surface area contributed by atoms with Gasteiger partial charge in [0.1, 0.15) is 21.5 Å².